The minimum absolute atomic E-state index is 0.127. The summed E-state index contributed by atoms with van der Waals surface area (Å²) in [6.45, 7) is 6.70. The third-order valence-electron chi connectivity index (χ3n) is 2.94. The van der Waals surface area contributed by atoms with E-state index in [-0.39, 0.29) is 31.9 Å². The molecule has 0 N–H and O–H groups in total. The van der Waals surface area contributed by atoms with Crippen LogP contribution in [0.1, 0.15) is 27.2 Å². The van der Waals surface area contributed by atoms with Crippen LogP contribution < -0.4 is 0 Å². The van der Waals surface area contributed by atoms with Crippen LogP contribution in [0.15, 0.2) is 0 Å². The molecule has 19 heavy (non-hydrogen) atoms. The second-order valence-corrected chi connectivity index (χ2v) is 4.92. The monoisotopic (exact) mass is 278 g/mol. The molecule has 1 saturated heterocycles. The van der Waals surface area contributed by atoms with Crippen molar-refractivity contribution in [1.29, 1.82) is 0 Å². The van der Waals surface area contributed by atoms with Gasteiger partial charge in [0.15, 0.2) is 5.79 Å². The minimum Gasteiger partial charge on any atom is -0.359 e. The van der Waals surface area contributed by atoms with Crippen molar-refractivity contribution in [3.05, 3.63) is 0 Å². The van der Waals surface area contributed by atoms with Crippen LogP contribution in [0.25, 0.3) is 0 Å². The number of ether oxygens (including phenoxy) is 6. The maximum atomic E-state index is 5.85. The predicted octanol–water partition coefficient (Wildman–Crippen LogP) is 1.53. The van der Waals surface area contributed by atoms with E-state index in [0.717, 1.165) is 6.42 Å². The van der Waals surface area contributed by atoms with Gasteiger partial charge in [-0.2, -0.15) is 0 Å². The van der Waals surface area contributed by atoms with E-state index in [1.165, 1.54) is 0 Å². The SMILES string of the molecule is CCC(OCOC)[C@H](OCOC)[C@@H]1COC(C)(C)O1. The molecule has 0 saturated carbocycles. The fourth-order valence-electron chi connectivity index (χ4n) is 2.08. The summed E-state index contributed by atoms with van der Waals surface area (Å²) >= 11 is 0. The molecule has 114 valence electrons. The lowest BCUT2D eigenvalue weighted by Gasteiger charge is -2.30. The van der Waals surface area contributed by atoms with Crippen molar-refractivity contribution in [3.63, 3.8) is 0 Å². The summed E-state index contributed by atoms with van der Waals surface area (Å²) < 4.78 is 32.7. The van der Waals surface area contributed by atoms with Crippen molar-refractivity contribution < 1.29 is 28.4 Å². The van der Waals surface area contributed by atoms with Crippen LogP contribution in [-0.4, -0.2) is 58.5 Å². The fraction of sp³-hybridized carbons (Fsp3) is 1.00. The van der Waals surface area contributed by atoms with Crippen molar-refractivity contribution in [2.24, 2.45) is 0 Å². The first-order valence-corrected chi connectivity index (χ1v) is 6.57. The number of rotatable bonds is 9. The van der Waals surface area contributed by atoms with E-state index in [0.29, 0.717) is 6.61 Å². The van der Waals surface area contributed by atoms with Gasteiger partial charge in [0.25, 0.3) is 0 Å². The zero-order valence-electron chi connectivity index (χ0n) is 12.5. The topological polar surface area (TPSA) is 55.4 Å². The molecule has 1 aliphatic rings. The van der Waals surface area contributed by atoms with Gasteiger partial charge in [-0.05, 0) is 20.3 Å². The number of hydrogen-bond acceptors (Lipinski definition) is 6. The van der Waals surface area contributed by atoms with Gasteiger partial charge in [-0.1, -0.05) is 6.92 Å². The van der Waals surface area contributed by atoms with Crippen molar-refractivity contribution in [2.75, 3.05) is 34.4 Å². The standard InChI is InChI=1S/C13H26O6/c1-6-10(16-8-14-4)12(17-9-15-5)11-7-18-13(2,3)19-11/h10-12H,6-9H2,1-5H3/t10?,11-,12-/m0/s1. The van der Waals surface area contributed by atoms with E-state index in [2.05, 4.69) is 0 Å². The lowest BCUT2D eigenvalue weighted by atomic mass is 10.1. The molecular formula is C13H26O6. The Morgan fingerprint density at radius 2 is 1.79 bits per heavy atom. The van der Waals surface area contributed by atoms with E-state index in [4.69, 9.17) is 28.4 Å². The zero-order chi connectivity index (χ0) is 14.3. The molecule has 3 atom stereocenters. The molecule has 6 heteroatoms. The normalized spacial score (nSPS) is 25.4. The summed E-state index contributed by atoms with van der Waals surface area (Å²) in [7, 11) is 3.18. The summed E-state index contributed by atoms with van der Waals surface area (Å²) in [4.78, 5) is 0. The van der Waals surface area contributed by atoms with Gasteiger partial charge < -0.3 is 28.4 Å². The van der Waals surface area contributed by atoms with Gasteiger partial charge in [-0.15, -0.1) is 0 Å². The highest BCUT2D eigenvalue weighted by atomic mass is 16.8. The van der Waals surface area contributed by atoms with Crippen molar-refractivity contribution in [3.8, 4) is 0 Å². The first-order chi connectivity index (χ1) is 9.04. The second-order valence-electron chi connectivity index (χ2n) is 4.92. The molecule has 0 aromatic rings. The highest BCUT2D eigenvalue weighted by Crippen LogP contribution is 2.28. The molecule has 0 aromatic carbocycles. The smallest absolute Gasteiger partial charge is 0.163 e. The third kappa shape index (κ3) is 5.33. The van der Waals surface area contributed by atoms with E-state index < -0.39 is 5.79 Å². The van der Waals surface area contributed by atoms with Gasteiger partial charge in [0.2, 0.25) is 0 Å². The molecule has 0 spiro atoms. The molecule has 1 aliphatic heterocycles. The molecular weight excluding hydrogens is 252 g/mol. The lowest BCUT2D eigenvalue weighted by Crippen LogP contribution is -2.43. The van der Waals surface area contributed by atoms with Crippen molar-refractivity contribution >= 4 is 0 Å². The van der Waals surface area contributed by atoms with Gasteiger partial charge >= 0.3 is 0 Å². The minimum atomic E-state index is -0.584. The highest BCUT2D eigenvalue weighted by Gasteiger charge is 2.41. The quantitative estimate of drug-likeness (QED) is 0.596. The molecule has 1 unspecified atom stereocenters. The van der Waals surface area contributed by atoms with Gasteiger partial charge in [-0.3, -0.25) is 0 Å². The lowest BCUT2D eigenvalue weighted by molar-refractivity contribution is -0.205. The number of hydrogen-bond donors (Lipinski definition) is 0. The first-order valence-electron chi connectivity index (χ1n) is 6.57. The Labute approximate surface area is 115 Å². The van der Waals surface area contributed by atoms with Gasteiger partial charge in [0, 0.05) is 14.2 Å². The van der Waals surface area contributed by atoms with Crippen LogP contribution in [0.3, 0.4) is 0 Å². The van der Waals surface area contributed by atoms with Crippen LogP contribution in [0.5, 0.6) is 0 Å². The van der Waals surface area contributed by atoms with Crippen LogP contribution >= 0.6 is 0 Å². The summed E-state index contributed by atoms with van der Waals surface area (Å²) in [5.74, 6) is -0.584. The van der Waals surface area contributed by atoms with Crippen LogP contribution in [0, 0.1) is 0 Å². The third-order valence-corrected chi connectivity index (χ3v) is 2.94. The zero-order valence-corrected chi connectivity index (χ0v) is 12.5. The van der Waals surface area contributed by atoms with Gasteiger partial charge in [-0.25, -0.2) is 0 Å². The Morgan fingerprint density at radius 3 is 2.26 bits per heavy atom. The molecule has 1 fully saturated rings. The second kappa shape index (κ2) is 8.14. The average molecular weight is 278 g/mol. The molecule has 0 aliphatic carbocycles. The molecule has 1 rings (SSSR count). The first kappa shape index (κ1) is 16.8. The molecule has 0 bridgehead atoms. The number of methoxy groups -OCH3 is 2. The van der Waals surface area contributed by atoms with Crippen LogP contribution in [-0.2, 0) is 28.4 Å². The van der Waals surface area contributed by atoms with Crippen molar-refractivity contribution in [1.82, 2.24) is 0 Å². The highest BCUT2D eigenvalue weighted by molar-refractivity contribution is 4.84. The molecule has 1 heterocycles. The Bertz CT molecular complexity index is 245. The Hall–Kier alpha value is -0.240. The summed E-state index contributed by atoms with van der Waals surface area (Å²) in [5, 5.41) is 0. The largest absolute Gasteiger partial charge is 0.359 e. The fourth-order valence-corrected chi connectivity index (χ4v) is 2.08. The maximum absolute atomic E-state index is 5.85. The molecule has 0 aromatic heterocycles. The Kier molecular flexibility index (Phi) is 7.20. The Balaban J connectivity index is 2.63. The van der Waals surface area contributed by atoms with E-state index in [1.807, 2.05) is 20.8 Å². The summed E-state index contributed by atoms with van der Waals surface area (Å²) in [6.07, 6.45) is 0.240. The molecule has 0 amide bonds. The van der Waals surface area contributed by atoms with Crippen molar-refractivity contribution in [2.45, 2.75) is 51.3 Å². The maximum Gasteiger partial charge on any atom is 0.163 e. The van der Waals surface area contributed by atoms with E-state index in [9.17, 15) is 0 Å². The van der Waals surface area contributed by atoms with E-state index >= 15 is 0 Å². The van der Waals surface area contributed by atoms with Gasteiger partial charge in [0.1, 0.15) is 25.8 Å². The Morgan fingerprint density at radius 1 is 1.16 bits per heavy atom. The van der Waals surface area contributed by atoms with E-state index in [1.54, 1.807) is 14.2 Å². The predicted molar refractivity (Wildman–Crippen MR) is 68.7 cm³/mol. The summed E-state index contributed by atoms with van der Waals surface area (Å²) in [5.41, 5.74) is 0. The van der Waals surface area contributed by atoms with Crippen LogP contribution in [0.2, 0.25) is 0 Å². The summed E-state index contributed by atoms with van der Waals surface area (Å²) in [6, 6.07) is 0. The average Bonchev–Trinajstić information content (AvgIpc) is 2.73. The van der Waals surface area contributed by atoms with Gasteiger partial charge in [0.05, 0.1) is 12.7 Å². The molecule has 0 radical (unpaired) electrons. The molecule has 6 nitrogen and oxygen atoms in total. The van der Waals surface area contributed by atoms with Crippen LogP contribution in [0.4, 0.5) is 0 Å².